The van der Waals surface area contributed by atoms with E-state index in [2.05, 4.69) is 28.5 Å². The summed E-state index contributed by atoms with van der Waals surface area (Å²) in [6.07, 6.45) is 9.61. The van der Waals surface area contributed by atoms with Crippen LogP contribution < -0.4 is 15.9 Å². The standard InChI is InChI=1S/C29H36N5O2/c1-21(35)17-32-18-22-10-12-24(13-11-22)29-33-28(27-19-31-14-15-34(27,29)30)25-8-5-9-26(16-25)36-20-23-6-3-2-4-7-23/h2-9,14-16,19,21-22,24,32,35H,10-13,17-18,20,30H2,1H3/q+1. The molecule has 0 radical (unpaired) electrons. The second-order valence-corrected chi connectivity index (χ2v) is 10.1. The molecule has 3 aliphatic rings. The molecular formula is C29H36N5O2+. The number of aliphatic imine (C=N–C) groups is 2. The van der Waals surface area contributed by atoms with Crippen molar-refractivity contribution in [3.05, 3.63) is 83.8 Å². The zero-order chi connectivity index (χ0) is 25.0. The SMILES string of the molecule is CC(O)CNCC1CCC(C2=NC(c3cccc(OCc4ccccc4)c3)=C3C=NC=C[N+]23N)CC1. The van der Waals surface area contributed by atoms with Crippen LogP contribution in [0.15, 0.2) is 82.7 Å². The maximum absolute atomic E-state index is 9.50. The molecule has 2 aromatic rings. The van der Waals surface area contributed by atoms with Gasteiger partial charge < -0.3 is 15.2 Å². The number of benzene rings is 2. The fraction of sp³-hybridized carbons (Fsp3) is 0.379. The molecule has 1 fully saturated rings. The first-order valence-corrected chi connectivity index (χ1v) is 12.9. The quantitative estimate of drug-likeness (QED) is 0.363. The predicted molar refractivity (Wildman–Crippen MR) is 144 cm³/mol. The average molecular weight is 487 g/mol. The normalized spacial score (nSPS) is 26.0. The van der Waals surface area contributed by atoms with Crippen LogP contribution in [-0.2, 0) is 6.61 Å². The van der Waals surface area contributed by atoms with E-state index in [9.17, 15) is 5.11 Å². The Labute approximate surface area is 213 Å². The van der Waals surface area contributed by atoms with Gasteiger partial charge in [0.2, 0.25) is 11.5 Å². The zero-order valence-electron chi connectivity index (χ0n) is 20.9. The molecule has 0 aromatic heterocycles. The molecule has 2 aliphatic heterocycles. The van der Waals surface area contributed by atoms with Crippen molar-refractivity contribution in [1.29, 1.82) is 0 Å². The summed E-state index contributed by atoms with van der Waals surface area (Å²) in [5, 5.41) is 12.9. The van der Waals surface area contributed by atoms with E-state index in [0.717, 1.165) is 66.3 Å². The van der Waals surface area contributed by atoms with E-state index in [4.69, 9.17) is 15.6 Å². The molecule has 1 saturated carbocycles. The number of fused-ring (bicyclic) bond motifs is 1. The van der Waals surface area contributed by atoms with Gasteiger partial charge in [-0.25, -0.2) is 0 Å². The Morgan fingerprint density at radius 3 is 2.69 bits per heavy atom. The lowest BCUT2D eigenvalue weighted by atomic mass is 9.81. The number of hydrogen-bond donors (Lipinski definition) is 3. The van der Waals surface area contributed by atoms with Crippen LogP contribution in [0, 0.1) is 11.8 Å². The summed E-state index contributed by atoms with van der Waals surface area (Å²) in [5.41, 5.74) is 3.88. The van der Waals surface area contributed by atoms with E-state index >= 15 is 0 Å². The first-order chi connectivity index (χ1) is 17.5. The van der Waals surface area contributed by atoms with Gasteiger partial charge in [-0.3, -0.25) is 4.99 Å². The molecule has 4 N–H and O–H groups in total. The van der Waals surface area contributed by atoms with Crippen molar-refractivity contribution in [2.45, 2.75) is 45.3 Å². The van der Waals surface area contributed by atoms with Gasteiger partial charge in [0.05, 0.1) is 24.4 Å². The topological polar surface area (TPSA) is 92.2 Å². The third-order valence-corrected chi connectivity index (χ3v) is 7.27. The lowest BCUT2D eigenvalue weighted by Crippen LogP contribution is -2.55. The van der Waals surface area contributed by atoms with E-state index in [1.165, 1.54) is 0 Å². The third kappa shape index (κ3) is 5.34. The molecule has 2 aromatic carbocycles. The largest absolute Gasteiger partial charge is 0.489 e. The Hall–Kier alpha value is -3.10. The number of amidine groups is 1. The molecule has 2 unspecified atom stereocenters. The van der Waals surface area contributed by atoms with E-state index in [1.807, 2.05) is 55.7 Å². The summed E-state index contributed by atoms with van der Waals surface area (Å²) in [4.78, 5) is 9.55. The monoisotopic (exact) mass is 486 g/mol. The summed E-state index contributed by atoms with van der Waals surface area (Å²) < 4.78 is 6.18. The third-order valence-electron chi connectivity index (χ3n) is 7.27. The molecule has 0 amide bonds. The minimum absolute atomic E-state index is 0.101. The molecule has 7 nitrogen and oxygen atoms in total. The second kappa shape index (κ2) is 10.9. The van der Waals surface area contributed by atoms with Crippen LogP contribution in [0.3, 0.4) is 0 Å². The predicted octanol–water partition coefficient (Wildman–Crippen LogP) is 4.37. The van der Waals surface area contributed by atoms with Gasteiger partial charge in [0.1, 0.15) is 24.3 Å². The van der Waals surface area contributed by atoms with E-state index in [0.29, 0.717) is 25.0 Å². The molecular weight excluding hydrogens is 450 g/mol. The van der Waals surface area contributed by atoms with Crippen molar-refractivity contribution in [1.82, 2.24) is 5.32 Å². The number of quaternary nitrogens is 1. The molecule has 5 rings (SSSR count). The Balaban J connectivity index is 1.32. The summed E-state index contributed by atoms with van der Waals surface area (Å²) in [6, 6.07) is 18.2. The van der Waals surface area contributed by atoms with Crippen LogP contribution >= 0.6 is 0 Å². The molecule has 0 bridgehead atoms. The van der Waals surface area contributed by atoms with Crippen LogP contribution in [-0.4, -0.2) is 40.9 Å². The fourth-order valence-corrected chi connectivity index (χ4v) is 5.32. The number of allylic oxidation sites excluding steroid dienone is 1. The first-order valence-electron chi connectivity index (χ1n) is 12.9. The summed E-state index contributed by atoms with van der Waals surface area (Å²) in [5.74, 6) is 9.73. The Bertz CT molecular complexity index is 1180. The Kier molecular flexibility index (Phi) is 7.43. The number of nitrogens with zero attached hydrogens (tertiary/aromatic N) is 3. The van der Waals surface area contributed by atoms with Crippen LogP contribution in [0.1, 0.15) is 43.7 Å². The second-order valence-electron chi connectivity index (χ2n) is 10.1. The first kappa shape index (κ1) is 24.6. The molecule has 36 heavy (non-hydrogen) atoms. The molecule has 0 spiro atoms. The lowest BCUT2D eigenvalue weighted by Gasteiger charge is -2.34. The molecule has 188 valence electrons. The summed E-state index contributed by atoms with van der Waals surface area (Å²) in [6.45, 7) is 3.92. The van der Waals surface area contributed by atoms with Crippen molar-refractivity contribution < 1.29 is 14.4 Å². The highest BCUT2D eigenvalue weighted by atomic mass is 16.5. The van der Waals surface area contributed by atoms with Gasteiger partial charge in [0, 0.05) is 12.1 Å². The number of aliphatic hydroxyl groups is 1. The van der Waals surface area contributed by atoms with Crippen LogP contribution in [0.4, 0.5) is 0 Å². The summed E-state index contributed by atoms with van der Waals surface area (Å²) in [7, 11) is 0. The van der Waals surface area contributed by atoms with E-state index in [-0.39, 0.29) is 10.7 Å². The maximum Gasteiger partial charge on any atom is 0.236 e. The van der Waals surface area contributed by atoms with Gasteiger partial charge >= 0.3 is 0 Å². The van der Waals surface area contributed by atoms with Crippen LogP contribution in [0.5, 0.6) is 5.75 Å². The smallest absolute Gasteiger partial charge is 0.236 e. The van der Waals surface area contributed by atoms with E-state index in [1.54, 1.807) is 6.20 Å². The number of ether oxygens (including phenoxy) is 1. The molecule has 2 atom stereocenters. The van der Waals surface area contributed by atoms with Gasteiger partial charge in [-0.15, -0.1) is 4.59 Å². The summed E-state index contributed by atoms with van der Waals surface area (Å²) >= 11 is 0. The minimum atomic E-state index is -0.312. The van der Waals surface area contributed by atoms with Crippen LogP contribution in [0.2, 0.25) is 0 Å². The lowest BCUT2D eigenvalue weighted by molar-refractivity contribution is -0.754. The highest BCUT2D eigenvalue weighted by Crippen LogP contribution is 2.41. The molecule has 0 saturated heterocycles. The minimum Gasteiger partial charge on any atom is -0.489 e. The van der Waals surface area contributed by atoms with Crippen LogP contribution in [0.25, 0.3) is 5.70 Å². The van der Waals surface area contributed by atoms with Gasteiger partial charge in [-0.05, 0) is 62.8 Å². The number of hydrogen-bond acceptors (Lipinski definition) is 6. The fourth-order valence-electron chi connectivity index (χ4n) is 5.32. The van der Waals surface area contributed by atoms with Crippen molar-refractivity contribution in [2.75, 3.05) is 13.1 Å². The highest BCUT2D eigenvalue weighted by Gasteiger charge is 2.47. The van der Waals surface area contributed by atoms with Gasteiger partial charge in [0.25, 0.3) is 0 Å². The number of aliphatic hydroxyl groups excluding tert-OH is 1. The van der Waals surface area contributed by atoms with Crippen molar-refractivity contribution in [2.24, 2.45) is 27.7 Å². The molecule has 1 aliphatic carbocycles. The Morgan fingerprint density at radius 2 is 1.92 bits per heavy atom. The van der Waals surface area contributed by atoms with Crippen molar-refractivity contribution >= 4 is 17.7 Å². The van der Waals surface area contributed by atoms with Gasteiger partial charge in [-0.2, -0.15) is 10.8 Å². The molecule has 7 heteroatoms. The van der Waals surface area contributed by atoms with Crippen molar-refractivity contribution in [3.8, 4) is 5.75 Å². The van der Waals surface area contributed by atoms with Crippen molar-refractivity contribution in [3.63, 3.8) is 0 Å². The van der Waals surface area contributed by atoms with E-state index < -0.39 is 0 Å². The number of rotatable bonds is 9. The maximum atomic E-state index is 9.50. The zero-order valence-corrected chi connectivity index (χ0v) is 20.9. The number of nitrogens with one attached hydrogen (secondary N) is 1. The van der Waals surface area contributed by atoms with Gasteiger partial charge in [-0.1, -0.05) is 42.5 Å². The molecule has 2 heterocycles. The highest BCUT2D eigenvalue weighted by molar-refractivity contribution is 6.00. The number of nitrogens with two attached hydrogens (primary N) is 1. The van der Waals surface area contributed by atoms with Gasteiger partial charge in [0.15, 0.2) is 0 Å². The average Bonchev–Trinajstić information content (AvgIpc) is 3.21. The Morgan fingerprint density at radius 1 is 1.11 bits per heavy atom.